The second-order valence-electron chi connectivity index (χ2n) is 3.34. The Morgan fingerprint density at radius 3 is 2.46 bits per heavy atom. The van der Waals surface area contributed by atoms with Crippen molar-refractivity contribution >= 4 is 5.90 Å². The van der Waals surface area contributed by atoms with E-state index in [4.69, 9.17) is 4.74 Å². The van der Waals surface area contributed by atoms with E-state index in [1.807, 2.05) is 25.1 Å². The molecule has 0 fully saturated rings. The zero-order valence-electron chi connectivity index (χ0n) is 7.90. The summed E-state index contributed by atoms with van der Waals surface area (Å²) < 4.78 is 5.61. The number of rotatable bonds is 1. The molecule has 0 saturated heterocycles. The van der Waals surface area contributed by atoms with Gasteiger partial charge in [-0.2, -0.15) is 0 Å². The first-order chi connectivity index (χ1) is 6.27. The van der Waals surface area contributed by atoms with E-state index in [-0.39, 0.29) is 12.1 Å². The standard InChI is InChI=1S/C11H13NO/c1-8-11(13-9(2)12-8)10-6-4-3-5-7-10/h3-8,11H,1-2H3/t8-,11+/m1/s1. The van der Waals surface area contributed by atoms with Gasteiger partial charge in [0.2, 0.25) is 0 Å². The third-order valence-corrected chi connectivity index (χ3v) is 2.25. The van der Waals surface area contributed by atoms with E-state index in [1.165, 1.54) is 5.56 Å². The van der Waals surface area contributed by atoms with Gasteiger partial charge in [0.1, 0.15) is 6.10 Å². The number of nitrogens with zero attached hydrogens (tertiary/aromatic N) is 1. The highest BCUT2D eigenvalue weighted by atomic mass is 16.5. The predicted molar refractivity (Wildman–Crippen MR) is 52.8 cm³/mol. The Morgan fingerprint density at radius 1 is 1.23 bits per heavy atom. The highest BCUT2D eigenvalue weighted by Gasteiger charge is 2.26. The summed E-state index contributed by atoms with van der Waals surface area (Å²) in [7, 11) is 0. The third-order valence-electron chi connectivity index (χ3n) is 2.25. The van der Waals surface area contributed by atoms with Crippen molar-refractivity contribution in [2.45, 2.75) is 26.0 Å². The van der Waals surface area contributed by atoms with E-state index in [1.54, 1.807) is 0 Å². The van der Waals surface area contributed by atoms with Crippen LogP contribution in [0, 0.1) is 0 Å². The first kappa shape index (κ1) is 8.30. The fourth-order valence-corrected chi connectivity index (χ4v) is 1.66. The first-order valence-corrected chi connectivity index (χ1v) is 4.53. The first-order valence-electron chi connectivity index (χ1n) is 4.53. The van der Waals surface area contributed by atoms with Gasteiger partial charge in [0.05, 0.1) is 6.04 Å². The molecule has 0 N–H and O–H groups in total. The van der Waals surface area contributed by atoms with Crippen LogP contribution < -0.4 is 0 Å². The number of hydrogen-bond acceptors (Lipinski definition) is 2. The van der Waals surface area contributed by atoms with Crippen LogP contribution in [0.5, 0.6) is 0 Å². The van der Waals surface area contributed by atoms with Crippen LogP contribution in [0.4, 0.5) is 0 Å². The summed E-state index contributed by atoms with van der Waals surface area (Å²) in [5.41, 5.74) is 1.20. The Labute approximate surface area is 78.3 Å². The molecule has 13 heavy (non-hydrogen) atoms. The summed E-state index contributed by atoms with van der Waals surface area (Å²) in [5, 5.41) is 0. The van der Waals surface area contributed by atoms with Crippen LogP contribution in [-0.4, -0.2) is 11.9 Å². The molecule has 1 aliphatic rings. The molecule has 0 spiro atoms. The summed E-state index contributed by atoms with van der Waals surface area (Å²) in [6.07, 6.45) is 0.112. The van der Waals surface area contributed by atoms with Crippen molar-refractivity contribution in [2.75, 3.05) is 0 Å². The van der Waals surface area contributed by atoms with Crippen molar-refractivity contribution < 1.29 is 4.74 Å². The van der Waals surface area contributed by atoms with Gasteiger partial charge in [-0.1, -0.05) is 30.3 Å². The van der Waals surface area contributed by atoms with E-state index in [2.05, 4.69) is 24.0 Å². The molecular formula is C11H13NO. The average molecular weight is 175 g/mol. The molecule has 0 aromatic heterocycles. The predicted octanol–water partition coefficient (Wildman–Crippen LogP) is 2.56. The molecule has 2 heteroatoms. The Hall–Kier alpha value is -1.31. The molecule has 2 nitrogen and oxygen atoms in total. The Morgan fingerprint density at radius 2 is 1.92 bits per heavy atom. The van der Waals surface area contributed by atoms with Gasteiger partial charge in [0, 0.05) is 6.92 Å². The fourth-order valence-electron chi connectivity index (χ4n) is 1.66. The zero-order valence-corrected chi connectivity index (χ0v) is 7.90. The van der Waals surface area contributed by atoms with Crippen LogP contribution in [0.15, 0.2) is 35.3 Å². The summed E-state index contributed by atoms with van der Waals surface area (Å²) in [5.74, 6) is 0.793. The van der Waals surface area contributed by atoms with Crippen LogP contribution in [0.25, 0.3) is 0 Å². The SMILES string of the molecule is CC1=N[C@H](C)[C@@H](c2ccccc2)O1. The van der Waals surface area contributed by atoms with E-state index in [0.717, 1.165) is 5.90 Å². The maximum atomic E-state index is 5.61. The van der Waals surface area contributed by atoms with Gasteiger partial charge in [0.25, 0.3) is 0 Å². The van der Waals surface area contributed by atoms with Crippen molar-refractivity contribution in [3.63, 3.8) is 0 Å². The third kappa shape index (κ3) is 1.57. The Balaban J connectivity index is 2.21. The van der Waals surface area contributed by atoms with Gasteiger partial charge in [-0.3, -0.25) is 0 Å². The van der Waals surface area contributed by atoms with E-state index < -0.39 is 0 Å². The molecule has 0 aliphatic carbocycles. The van der Waals surface area contributed by atoms with Gasteiger partial charge in [-0.25, -0.2) is 4.99 Å². The fraction of sp³-hybridized carbons (Fsp3) is 0.364. The second kappa shape index (κ2) is 3.21. The molecule has 0 saturated carbocycles. The summed E-state index contributed by atoms with van der Waals surface area (Å²) in [6, 6.07) is 10.5. The molecule has 0 amide bonds. The van der Waals surface area contributed by atoms with Crippen LogP contribution in [0.2, 0.25) is 0 Å². The lowest BCUT2D eigenvalue weighted by Crippen LogP contribution is -2.09. The lowest BCUT2D eigenvalue weighted by molar-refractivity contribution is 0.200. The van der Waals surface area contributed by atoms with E-state index in [0.29, 0.717) is 0 Å². The van der Waals surface area contributed by atoms with Crippen molar-refractivity contribution in [3.8, 4) is 0 Å². The summed E-state index contributed by atoms with van der Waals surface area (Å²) in [4.78, 5) is 4.34. The number of aliphatic imine (C=N–C) groups is 1. The van der Waals surface area contributed by atoms with E-state index in [9.17, 15) is 0 Å². The molecule has 1 aromatic carbocycles. The Bertz CT molecular complexity index is 318. The number of benzene rings is 1. The molecule has 1 aliphatic heterocycles. The molecule has 1 heterocycles. The van der Waals surface area contributed by atoms with Crippen LogP contribution in [0.1, 0.15) is 25.5 Å². The largest absolute Gasteiger partial charge is 0.471 e. The zero-order chi connectivity index (χ0) is 9.26. The minimum atomic E-state index is 0.112. The molecule has 1 aromatic rings. The molecule has 0 bridgehead atoms. The van der Waals surface area contributed by atoms with Gasteiger partial charge < -0.3 is 4.74 Å². The van der Waals surface area contributed by atoms with Crippen molar-refractivity contribution in [1.82, 2.24) is 0 Å². The average Bonchev–Trinajstić information content (AvgIpc) is 2.47. The minimum absolute atomic E-state index is 0.112. The van der Waals surface area contributed by atoms with Gasteiger partial charge >= 0.3 is 0 Å². The minimum Gasteiger partial charge on any atom is -0.471 e. The quantitative estimate of drug-likeness (QED) is 0.642. The smallest absolute Gasteiger partial charge is 0.181 e. The molecule has 0 radical (unpaired) electrons. The number of ether oxygens (including phenoxy) is 1. The van der Waals surface area contributed by atoms with E-state index >= 15 is 0 Å². The van der Waals surface area contributed by atoms with Crippen LogP contribution in [-0.2, 0) is 4.74 Å². The Kier molecular flexibility index (Phi) is 2.05. The maximum Gasteiger partial charge on any atom is 0.181 e. The lowest BCUT2D eigenvalue weighted by Gasteiger charge is -2.14. The molecule has 2 rings (SSSR count). The highest BCUT2D eigenvalue weighted by Crippen LogP contribution is 2.28. The van der Waals surface area contributed by atoms with Crippen molar-refractivity contribution in [2.24, 2.45) is 4.99 Å². The second-order valence-corrected chi connectivity index (χ2v) is 3.34. The highest BCUT2D eigenvalue weighted by molar-refractivity contribution is 5.75. The summed E-state index contributed by atoms with van der Waals surface area (Å²) in [6.45, 7) is 3.98. The van der Waals surface area contributed by atoms with Gasteiger partial charge in [0.15, 0.2) is 5.90 Å². The topological polar surface area (TPSA) is 21.6 Å². The van der Waals surface area contributed by atoms with Crippen molar-refractivity contribution in [1.29, 1.82) is 0 Å². The lowest BCUT2D eigenvalue weighted by atomic mass is 10.0. The molecule has 0 unspecified atom stereocenters. The normalized spacial score (nSPS) is 26.8. The van der Waals surface area contributed by atoms with Crippen molar-refractivity contribution in [3.05, 3.63) is 35.9 Å². The van der Waals surface area contributed by atoms with Gasteiger partial charge in [-0.15, -0.1) is 0 Å². The monoisotopic (exact) mass is 175 g/mol. The van der Waals surface area contributed by atoms with Crippen LogP contribution in [0.3, 0.4) is 0 Å². The molecule has 68 valence electrons. The molecular weight excluding hydrogens is 162 g/mol. The summed E-state index contributed by atoms with van der Waals surface area (Å²) >= 11 is 0. The molecule has 2 atom stereocenters. The van der Waals surface area contributed by atoms with Crippen LogP contribution >= 0.6 is 0 Å². The number of hydrogen-bond donors (Lipinski definition) is 0. The van der Waals surface area contributed by atoms with Gasteiger partial charge in [-0.05, 0) is 12.5 Å². The maximum absolute atomic E-state index is 5.61.